The Morgan fingerprint density at radius 2 is 2.07 bits per heavy atom. The lowest BCUT2D eigenvalue weighted by atomic mass is 10.2. The van der Waals surface area contributed by atoms with Gasteiger partial charge < -0.3 is 15.4 Å². The van der Waals surface area contributed by atoms with Gasteiger partial charge in [-0.25, -0.2) is 0 Å². The Hall–Kier alpha value is -0.610. The first-order valence-electron chi connectivity index (χ1n) is 4.98. The largest absolute Gasteiger partial charge is 0.380 e. The maximum Gasteiger partial charge on any atom is 0.224 e. The lowest BCUT2D eigenvalue weighted by Gasteiger charge is -2.21. The summed E-state index contributed by atoms with van der Waals surface area (Å²) in [6.45, 7) is 5.33. The van der Waals surface area contributed by atoms with Gasteiger partial charge in [0.15, 0.2) is 0 Å². The molecule has 0 bridgehead atoms. The first-order valence-corrected chi connectivity index (χ1v) is 4.98. The minimum absolute atomic E-state index is 0.0935. The summed E-state index contributed by atoms with van der Waals surface area (Å²) in [7, 11) is 3.39. The summed E-state index contributed by atoms with van der Waals surface area (Å²) in [6, 6.07) is 0. The van der Waals surface area contributed by atoms with Gasteiger partial charge in [0.1, 0.15) is 0 Å². The molecule has 0 aromatic rings. The number of amides is 1. The number of hydrogen-bond donors (Lipinski definition) is 1. The van der Waals surface area contributed by atoms with Crippen molar-refractivity contribution < 1.29 is 9.53 Å². The predicted molar refractivity (Wildman–Crippen MR) is 56.9 cm³/mol. The van der Waals surface area contributed by atoms with Gasteiger partial charge in [0.25, 0.3) is 0 Å². The third-order valence-electron chi connectivity index (χ3n) is 2.06. The Bertz CT molecular complexity index is 168. The topological polar surface area (TPSA) is 55.6 Å². The Balaban J connectivity index is 3.93. The molecule has 0 rings (SSSR count). The molecule has 0 radical (unpaired) electrons. The fourth-order valence-corrected chi connectivity index (χ4v) is 1.26. The maximum absolute atomic E-state index is 11.6. The Morgan fingerprint density at radius 3 is 2.43 bits per heavy atom. The molecular weight excluding hydrogens is 180 g/mol. The molecule has 0 saturated heterocycles. The van der Waals surface area contributed by atoms with Gasteiger partial charge in [-0.15, -0.1) is 0 Å². The summed E-state index contributed by atoms with van der Waals surface area (Å²) in [5, 5.41) is 0. The van der Waals surface area contributed by atoms with Crippen LogP contribution in [0.15, 0.2) is 0 Å². The van der Waals surface area contributed by atoms with E-state index in [1.807, 2.05) is 7.05 Å². The Morgan fingerprint density at radius 1 is 1.50 bits per heavy atom. The number of carbonyl (C=O) groups is 1. The number of ether oxygens (including phenoxy) is 1. The maximum atomic E-state index is 11.6. The van der Waals surface area contributed by atoms with Gasteiger partial charge in [-0.2, -0.15) is 0 Å². The zero-order valence-electron chi connectivity index (χ0n) is 9.62. The molecule has 0 aliphatic rings. The highest BCUT2D eigenvalue weighted by molar-refractivity contribution is 5.76. The SMILES string of the molecule is COC(CN)CC(=O)N(C)CC(C)C. The number of hydrogen-bond acceptors (Lipinski definition) is 3. The van der Waals surface area contributed by atoms with Crippen molar-refractivity contribution in [1.29, 1.82) is 0 Å². The normalized spacial score (nSPS) is 13.0. The highest BCUT2D eigenvalue weighted by Gasteiger charge is 2.15. The summed E-state index contributed by atoms with van der Waals surface area (Å²) in [5.41, 5.74) is 5.44. The van der Waals surface area contributed by atoms with Crippen molar-refractivity contribution in [3.05, 3.63) is 0 Å². The number of nitrogens with zero attached hydrogens (tertiary/aromatic N) is 1. The summed E-state index contributed by atoms with van der Waals surface area (Å²) >= 11 is 0. The third kappa shape index (κ3) is 5.19. The van der Waals surface area contributed by atoms with Crippen molar-refractivity contribution in [2.75, 3.05) is 27.2 Å². The van der Waals surface area contributed by atoms with Crippen LogP contribution >= 0.6 is 0 Å². The van der Waals surface area contributed by atoms with E-state index in [1.54, 1.807) is 12.0 Å². The molecule has 1 unspecified atom stereocenters. The molecule has 0 aliphatic carbocycles. The summed E-state index contributed by atoms with van der Waals surface area (Å²) in [6.07, 6.45) is 0.216. The van der Waals surface area contributed by atoms with Crippen LogP contribution in [0.25, 0.3) is 0 Å². The molecule has 0 aliphatic heterocycles. The van der Waals surface area contributed by atoms with Crippen molar-refractivity contribution in [3.63, 3.8) is 0 Å². The molecule has 14 heavy (non-hydrogen) atoms. The van der Waals surface area contributed by atoms with Crippen molar-refractivity contribution in [1.82, 2.24) is 4.90 Å². The molecular formula is C10H22N2O2. The monoisotopic (exact) mass is 202 g/mol. The Labute approximate surface area is 86.4 Å². The average Bonchev–Trinajstić information content (AvgIpc) is 2.12. The van der Waals surface area contributed by atoms with Crippen molar-refractivity contribution >= 4 is 5.91 Å². The van der Waals surface area contributed by atoms with Gasteiger partial charge in [0.2, 0.25) is 5.91 Å². The number of carbonyl (C=O) groups excluding carboxylic acids is 1. The van der Waals surface area contributed by atoms with Gasteiger partial charge in [-0.05, 0) is 5.92 Å². The van der Waals surface area contributed by atoms with Crippen LogP contribution < -0.4 is 5.73 Å². The van der Waals surface area contributed by atoms with E-state index in [9.17, 15) is 4.79 Å². The van der Waals surface area contributed by atoms with Gasteiger partial charge >= 0.3 is 0 Å². The smallest absolute Gasteiger partial charge is 0.224 e. The molecule has 1 amide bonds. The van der Waals surface area contributed by atoms with Gasteiger partial charge in [-0.1, -0.05) is 13.8 Å². The van der Waals surface area contributed by atoms with Gasteiger partial charge in [0, 0.05) is 27.2 Å². The average molecular weight is 202 g/mol. The fourth-order valence-electron chi connectivity index (χ4n) is 1.26. The minimum Gasteiger partial charge on any atom is -0.380 e. The Kier molecular flexibility index (Phi) is 6.49. The quantitative estimate of drug-likeness (QED) is 0.681. The van der Waals surface area contributed by atoms with Crippen LogP contribution in [0.5, 0.6) is 0 Å². The van der Waals surface area contributed by atoms with Crippen molar-refractivity contribution in [2.24, 2.45) is 11.7 Å². The molecule has 0 fully saturated rings. The first-order chi connectivity index (χ1) is 6.51. The fraction of sp³-hybridized carbons (Fsp3) is 0.900. The molecule has 4 heteroatoms. The third-order valence-corrected chi connectivity index (χ3v) is 2.06. The zero-order valence-corrected chi connectivity index (χ0v) is 9.62. The number of rotatable bonds is 6. The standard InChI is InChI=1S/C10H22N2O2/c1-8(2)7-12(3)10(13)5-9(6-11)14-4/h8-9H,5-7,11H2,1-4H3. The van der Waals surface area contributed by atoms with E-state index in [0.29, 0.717) is 18.9 Å². The summed E-state index contributed by atoms with van der Waals surface area (Å²) < 4.78 is 5.05. The van der Waals surface area contributed by atoms with E-state index < -0.39 is 0 Å². The molecule has 0 aromatic carbocycles. The van der Waals surface area contributed by atoms with Crippen molar-refractivity contribution in [2.45, 2.75) is 26.4 Å². The van der Waals surface area contributed by atoms with Crippen LogP contribution in [-0.4, -0.2) is 44.2 Å². The molecule has 0 spiro atoms. The second-order valence-electron chi connectivity index (χ2n) is 3.97. The van der Waals surface area contributed by atoms with E-state index >= 15 is 0 Å². The van der Waals surface area contributed by atoms with Crippen LogP contribution in [0.1, 0.15) is 20.3 Å². The predicted octanol–water partition coefficient (Wildman–Crippen LogP) is 0.465. The summed E-state index contributed by atoms with van der Waals surface area (Å²) in [4.78, 5) is 13.3. The molecule has 4 nitrogen and oxygen atoms in total. The molecule has 2 N–H and O–H groups in total. The second-order valence-corrected chi connectivity index (χ2v) is 3.97. The van der Waals surface area contributed by atoms with Crippen LogP contribution in [0.2, 0.25) is 0 Å². The molecule has 0 saturated carbocycles. The highest BCUT2D eigenvalue weighted by Crippen LogP contribution is 2.02. The van der Waals surface area contributed by atoms with E-state index in [-0.39, 0.29) is 12.0 Å². The number of methoxy groups -OCH3 is 1. The summed E-state index contributed by atoms with van der Waals surface area (Å²) in [5.74, 6) is 0.582. The second kappa shape index (κ2) is 6.79. The van der Waals surface area contributed by atoms with E-state index in [1.165, 1.54) is 0 Å². The van der Waals surface area contributed by atoms with E-state index in [0.717, 1.165) is 6.54 Å². The van der Waals surface area contributed by atoms with Gasteiger partial charge in [0.05, 0.1) is 12.5 Å². The van der Waals surface area contributed by atoms with Crippen LogP contribution in [-0.2, 0) is 9.53 Å². The molecule has 0 heterocycles. The van der Waals surface area contributed by atoms with Crippen LogP contribution in [0, 0.1) is 5.92 Å². The zero-order chi connectivity index (χ0) is 11.1. The minimum atomic E-state index is -0.155. The molecule has 84 valence electrons. The van der Waals surface area contributed by atoms with Crippen molar-refractivity contribution in [3.8, 4) is 0 Å². The molecule has 1 atom stereocenters. The van der Waals surface area contributed by atoms with E-state index in [2.05, 4.69) is 13.8 Å². The lowest BCUT2D eigenvalue weighted by molar-refractivity contribution is -0.132. The highest BCUT2D eigenvalue weighted by atomic mass is 16.5. The van der Waals surface area contributed by atoms with Gasteiger partial charge in [-0.3, -0.25) is 4.79 Å². The lowest BCUT2D eigenvalue weighted by Crippen LogP contribution is -2.35. The van der Waals surface area contributed by atoms with E-state index in [4.69, 9.17) is 10.5 Å². The first kappa shape index (κ1) is 13.4. The van der Waals surface area contributed by atoms with Crippen LogP contribution in [0.4, 0.5) is 0 Å². The van der Waals surface area contributed by atoms with Crippen LogP contribution in [0.3, 0.4) is 0 Å². The molecule has 0 aromatic heterocycles. The number of nitrogens with two attached hydrogens (primary N) is 1.